The maximum Gasteiger partial charge on any atom is 0.140 e. The van der Waals surface area contributed by atoms with E-state index in [4.69, 9.17) is 0 Å². The minimum atomic E-state index is 0.370. The Kier molecular flexibility index (Phi) is 0.867. The Hall–Kier alpha value is -0.850. The molecule has 3 aliphatic carbocycles. The number of fused-ring (bicyclic) bond motifs is 4. The second-order valence-corrected chi connectivity index (χ2v) is 3.74. The van der Waals surface area contributed by atoms with Crippen molar-refractivity contribution in [3.05, 3.63) is 24.3 Å². The molecule has 56 valence electrons. The van der Waals surface area contributed by atoms with Gasteiger partial charge in [0, 0.05) is 12.3 Å². The zero-order valence-corrected chi connectivity index (χ0v) is 6.23. The van der Waals surface area contributed by atoms with E-state index in [1.165, 1.54) is 0 Å². The first-order valence-electron chi connectivity index (χ1n) is 4.25. The van der Waals surface area contributed by atoms with Gasteiger partial charge in [-0.3, -0.25) is 4.79 Å². The average molecular weight is 146 g/mol. The van der Waals surface area contributed by atoms with Crippen molar-refractivity contribution in [1.82, 2.24) is 0 Å². The number of allylic oxidation sites excluding steroid dienone is 4. The predicted octanol–water partition coefficient (Wildman–Crippen LogP) is 1.56. The maximum atomic E-state index is 11.4. The highest BCUT2D eigenvalue weighted by molar-refractivity contribution is 5.86. The van der Waals surface area contributed by atoms with Gasteiger partial charge >= 0.3 is 0 Å². The minimum absolute atomic E-state index is 0.370. The van der Waals surface area contributed by atoms with Crippen molar-refractivity contribution >= 4 is 5.78 Å². The van der Waals surface area contributed by atoms with Crippen LogP contribution in [0.2, 0.25) is 0 Å². The fraction of sp³-hybridized carbons (Fsp3) is 0.500. The van der Waals surface area contributed by atoms with Crippen molar-refractivity contribution in [2.75, 3.05) is 0 Å². The highest BCUT2D eigenvalue weighted by Crippen LogP contribution is 2.55. The molecule has 0 radical (unpaired) electrons. The topological polar surface area (TPSA) is 17.1 Å². The van der Waals surface area contributed by atoms with Crippen LogP contribution < -0.4 is 0 Å². The Labute approximate surface area is 65.8 Å². The SMILES string of the molecule is O=C1CC=C[C@@H]2[C@@H]3C=C[C@@H]3[C@H]12. The molecule has 0 amide bonds. The predicted molar refractivity (Wildman–Crippen MR) is 41.9 cm³/mol. The maximum absolute atomic E-state index is 11.4. The van der Waals surface area contributed by atoms with Crippen LogP contribution in [0.25, 0.3) is 0 Å². The summed E-state index contributed by atoms with van der Waals surface area (Å²) in [6.45, 7) is 0. The van der Waals surface area contributed by atoms with Gasteiger partial charge in [0.1, 0.15) is 5.78 Å². The summed E-state index contributed by atoms with van der Waals surface area (Å²) in [6.07, 6.45) is 9.39. The summed E-state index contributed by atoms with van der Waals surface area (Å²) in [7, 11) is 0. The first-order chi connectivity index (χ1) is 5.38. The zero-order chi connectivity index (χ0) is 7.42. The number of carbonyl (C=O) groups excluding carboxylic acids is 1. The number of ketones is 1. The van der Waals surface area contributed by atoms with Gasteiger partial charge in [-0.25, -0.2) is 0 Å². The molecule has 0 N–H and O–H groups in total. The van der Waals surface area contributed by atoms with Crippen LogP contribution in [-0.4, -0.2) is 5.78 Å². The molecule has 0 unspecified atom stereocenters. The fourth-order valence-corrected chi connectivity index (χ4v) is 2.62. The molecule has 1 nitrogen and oxygen atoms in total. The molecule has 3 rings (SSSR count). The summed E-state index contributed by atoms with van der Waals surface area (Å²) in [4.78, 5) is 11.4. The average Bonchev–Trinajstić information content (AvgIpc) is 1.94. The standard InChI is InChI=1S/C10H10O/c11-9-3-1-2-7-6-4-5-8(6)10(7)9/h1-2,4-8,10H,3H2/t6-,7+,8-,10+/m0/s1. The molecular weight excluding hydrogens is 136 g/mol. The van der Waals surface area contributed by atoms with Crippen molar-refractivity contribution in [3.63, 3.8) is 0 Å². The lowest BCUT2D eigenvalue weighted by Crippen LogP contribution is -2.53. The Bertz CT molecular complexity index is 275. The van der Waals surface area contributed by atoms with E-state index in [1.54, 1.807) is 0 Å². The molecule has 0 bridgehead atoms. The summed E-state index contributed by atoms with van der Waals surface area (Å²) in [6, 6.07) is 0. The lowest BCUT2D eigenvalue weighted by molar-refractivity contribution is -0.132. The molecule has 0 saturated heterocycles. The van der Waals surface area contributed by atoms with E-state index in [0.29, 0.717) is 30.0 Å². The lowest BCUT2D eigenvalue weighted by atomic mass is 9.49. The molecular formula is C10H10O. The van der Waals surface area contributed by atoms with Gasteiger partial charge in [-0.1, -0.05) is 24.3 Å². The normalized spacial score (nSPS) is 50.7. The molecule has 0 aromatic heterocycles. The number of hydrogen-bond acceptors (Lipinski definition) is 1. The van der Waals surface area contributed by atoms with Crippen LogP contribution in [0.15, 0.2) is 24.3 Å². The van der Waals surface area contributed by atoms with Crippen LogP contribution in [0.4, 0.5) is 0 Å². The number of Topliss-reactive ketones (excluding diaryl/α,β-unsaturated/α-hetero) is 1. The van der Waals surface area contributed by atoms with Gasteiger partial charge in [0.2, 0.25) is 0 Å². The molecule has 11 heavy (non-hydrogen) atoms. The minimum Gasteiger partial charge on any atom is -0.299 e. The summed E-state index contributed by atoms with van der Waals surface area (Å²) >= 11 is 0. The summed E-state index contributed by atoms with van der Waals surface area (Å²) < 4.78 is 0. The second kappa shape index (κ2) is 1.66. The lowest BCUT2D eigenvalue weighted by Gasteiger charge is -2.54. The zero-order valence-electron chi connectivity index (χ0n) is 6.23. The largest absolute Gasteiger partial charge is 0.299 e. The molecule has 1 heteroatoms. The third kappa shape index (κ3) is 0.515. The highest BCUT2D eigenvalue weighted by atomic mass is 16.1. The van der Waals surface area contributed by atoms with E-state index < -0.39 is 0 Å². The molecule has 0 aromatic rings. The van der Waals surface area contributed by atoms with Gasteiger partial charge in [0.05, 0.1) is 0 Å². The van der Waals surface area contributed by atoms with Gasteiger partial charge < -0.3 is 0 Å². The number of carbonyl (C=O) groups is 1. The van der Waals surface area contributed by atoms with Gasteiger partial charge in [0.15, 0.2) is 0 Å². The van der Waals surface area contributed by atoms with Crippen molar-refractivity contribution in [2.24, 2.45) is 23.7 Å². The number of rotatable bonds is 0. The molecule has 0 aliphatic heterocycles. The Morgan fingerprint density at radius 2 is 1.82 bits per heavy atom. The van der Waals surface area contributed by atoms with Gasteiger partial charge in [0.25, 0.3) is 0 Å². The van der Waals surface area contributed by atoms with Gasteiger partial charge in [-0.05, 0) is 17.8 Å². The van der Waals surface area contributed by atoms with E-state index in [0.717, 1.165) is 5.92 Å². The van der Waals surface area contributed by atoms with Crippen LogP contribution in [0.1, 0.15) is 6.42 Å². The van der Waals surface area contributed by atoms with E-state index in [1.807, 2.05) is 6.08 Å². The van der Waals surface area contributed by atoms with E-state index >= 15 is 0 Å². The van der Waals surface area contributed by atoms with Crippen LogP contribution in [-0.2, 0) is 4.79 Å². The van der Waals surface area contributed by atoms with Crippen molar-refractivity contribution in [3.8, 4) is 0 Å². The second-order valence-electron chi connectivity index (χ2n) is 3.74. The van der Waals surface area contributed by atoms with Crippen molar-refractivity contribution in [1.29, 1.82) is 0 Å². The third-order valence-corrected chi connectivity index (χ3v) is 3.32. The molecule has 1 saturated carbocycles. The summed E-state index contributed by atoms with van der Waals surface area (Å²) in [5.41, 5.74) is 0. The van der Waals surface area contributed by atoms with Crippen LogP contribution >= 0.6 is 0 Å². The van der Waals surface area contributed by atoms with Crippen molar-refractivity contribution < 1.29 is 4.79 Å². The first kappa shape index (κ1) is 5.76. The third-order valence-electron chi connectivity index (χ3n) is 3.32. The van der Waals surface area contributed by atoms with Gasteiger partial charge in [-0.15, -0.1) is 0 Å². The smallest absolute Gasteiger partial charge is 0.140 e. The summed E-state index contributed by atoms with van der Waals surface area (Å²) in [5.74, 6) is 2.75. The van der Waals surface area contributed by atoms with Crippen LogP contribution in [0.3, 0.4) is 0 Å². The Morgan fingerprint density at radius 1 is 1.09 bits per heavy atom. The van der Waals surface area contributed by atoms with E-state index in [2.05, 4.69) is 18.2 Å². The Morgan fingerprint density at radius 3 is 2.45 bits per heavy atom. The van der Waals surface area contributed by atoms with E-state index in [-0.39, 0.29) is 0 Å². The Balaban J connectivity index is 1.99. The first-order valence-corrected chi connectivity index (χ1v) is 4.25. The van der Waals surface area contributed by atoms with Gasteiger partial charge in [-0.2, -0.15) is 0 Å². The van der Waals surface area contributed by atoms with Crippen LogP contribution in [0, 0.1) is 23.7 Å². The monoisotopic (exact) mass is 146 g/mol. The summed E-state index contributed by atoms with van der Waals surface area (Å²) in [5, 5.41) is 0. The molecule has 0 spiro atoms. The molecule has 0 aromatic carbocycles. The molecule has 3 aliphatic rings. The van der Waals surface area contributed by atoms with Crippen LogP contribution in [0.5, 0.6) is 0 Å². The fourth-order valence-electron chi connectivity index (χ4n) is 2.62. The highest BCUT2D eigenvalue weighted by Gasteiger charge is 2.54. The van der Waals surface area contributed by atoms with E-state index in [9.17, 15) is 4.79 Å². The molecule has 1 fully saturated rings. The quantitative estimate of drug-likeness (QED) is 0.474. The van der Waals surface area contributed by atoms with Crippen molar-refractivity contribution in [2.45, 2.75) is 6.42 Å². The molecule has 4 atom stereocenters. The molecule has 0 heterocycles. The number of hydrogen-bond donors (Lipinski definition) is 0.